The fraction of sp³-hybridized carbons (Fsp3) is 0.500. The summed E-state index contributed by atoms with van der Waals surface area (Å²) in [4.78, 5) is 32.6. The van der Waals surface area contributed by atoms with Crippen molar-refractivity contribution in [2.24, 2.45) is 0 Å². The highest BCUT2D eigenvalue weighted by Crippen LogP contribution is 2.28. The molecule has 0 spiro atoms. The standard InChI is InChI=1S/C22H29N5O2S/c1-14-6-5-9-17(15(14)2)24-20(28)13-27-11-10-18-19(12-27)30-22(25-18)26-21(29)23-16-7-3-4-8-16/h5-6,9,16H,3-4,7-8,10-13H2,1-2H3,(H,24,28)(H2,23,25,26,29). The summed E-state index contributed by atoms with van der Waals surface area (Å²) in [6, 6.07) is 6.05. The van der Waals surface area contributed by atoms with E-state index in [9.17, 15) is 9.59 Å². The van der Waals surface area contributed by atoms with E-state index < -0.39 is 0 Å². The van der Waals surface area contributed by atoms with Crippen LogP contribution in [0.2, 0.25) is 0 Å². The first-order valence-electron chi connectivity index (χ1n) is 10.6. The lowest BCUT2D eigenvalue weighted by atomic mass is 10.1. The van der Waals surface area contributed by atoms with Crippen molar-refractivity contribution in [3.8, 4) is 0 Å². The number of hydrogen-bond donors (Lipinski definition) is 3. The van der Waals surface area contributed by atoms with Gasteiger partial charge in [-0.2, -0.15) is 0 Å². The van der Waals surface area contributed by atoms with E-state index in [1.165, 1.54) is 24.2 Å². The molecule has 1 aromatic carbocycles. The Morgan fingerprint density at radius 3 is 2.80 bits per heavy atom. The van der Waals surface area contributed by atoms with Crippen molar-refractivity contribution in [1.29, 1.82) is 0 Å². The van der Waals surface area contributed by atoms with Crippen molar-refractivity contribution in [1.82, 2.24) is 15.2 Å². The third kappa shape index (κ3) is 4.99. The van der Waals surface area contributed by atoms with E-state index in [0.29, 0.717) is 18.2 Å². The maximum atomic E-state index is 12.5. The average molecular weight is 428 g/mol. The van der Waals surface area contributed by atoms with Crippen LogP contribution in [0.25, 0.3) is 0 Å². The number of nitrogens with one attached hydrogen (secondary N) is 3. The summed E-state index contributed by atoms with van der Waals surface area (Å²) in [5.74, 6) is -0.00837. The van der Waals surface area contributed by atoms with E-state index in [-0.39, 0.29) is 18.0 Å². The molecule has 1 aliphatic heterocycles. The fourth-order valence-corrected chi connectivity index (χ4v) is 5.15. The number of fused-ring (bicyclic) bond motifs is 1. The van der Waals surface area contributed by atoms with Crippen LogP contribution in [-0.4, -0.2) is 41.0 Å². The molecular formula is C22H29N5O2S. The zero-order chi connectivity index (χ0) is 21.1. The number of urea groups is 1. The van der Waals surface area contributed by atoms with Crippen LogP contribution < -0.4 is 16.0 Å². The molecule has 8 heteroatoms. The van der Waals surface area contributed by atoms with Gasteiger partial charge in [0.05, 0.1) is 12.2 Å². The second kappa shape index (κ2) is 9.14. The zero-order valence-electron chi connectivity index (χ0n) is 17.6. The second-order valence-corrected chi connectivity index (χ2v) is 9.31. The summed E-state index contributed by atoms with van der Waals surface area (Å²) in [7, 11) is 0. The molecule has 0 unspecified atom stereocenters. The molecule has 0 atom stereocenters. The Morgan fingerprint density at radius 1 is 1.20 bits per heavy atom. The first kappa shape index (κ1) is 20.8. The quantitative estimate of drug-likeness (QED) is 0.677. The van der Waals surface area contributed by atoms with Gasteiger partial charge in [-0.25, -0.2) is 9.78 Å². The molecule has 0 radical (unpaired) electrons. The van der Waals surface area contributed by atoms with Crippen LogP contribution in [0.1, 0.15) is 47.4 Å². The number of hydrogen-bond acceptors (Lipinski definition) is 5. The van der Waals surface area contributed by atoms with Crippen molar-refractivity contribution >= 4 is 34.1 Å². The van der Waals surface area contributed by atoms with Crippen molar-refractivity contribution in [2.45, 2.75) is 58.5 Å². The van der Waals surface area contributed by atoms with Crippen molar-refractivity contribution in [3.63, 3.8) is 0 Å². The SMILES string of the molecule is Cc1cccc(NC(=O)CN2CCc3nc(NC(=O)NC4CCCC4)sc3C2)c1C. The molecule has 2 aliphatic rings. The number of amides is 3. The Labute approximate surface area is 181 Å². The maximum Gasteiger partial charge on any atom is 0.321 e. The van der Waals surface area contributed by atoms with E-state index in [4.69, 9.17) is 0 Å². The predicted molar refractivity (Wildman–Crippen MR) is 120 cm³/mol. The van der Waals surface area contributed by atoms with Crippen molar-refractivity contribution in [2.75, 3.05) is 23.7 Å². The summed E-state index contributed by atoms with van der Waals surface area (Å²) in [6.07, 6.45) is 5.27. The van der Waals surface area contributed by atoms with Gasteiger partial charge >= 0.3 is 6.03 Å². The monoisotopic (exact) mass is 427 g/mol. The maximum absolute atomic E-state index is 12.5. The highest BCUT2D eigenvalue weighted by atomic mass is 32.1. The number of thiazole rings is 1. The largest absolute Gasteiger partial charge is 0.335 e. The Bertz CT molecular complexity index is 936. The van der Waals surface area contributed by atoms with Crippen LogP contribution in [0.5, 0.6) is 0 Å². The van der Waals surface area contributed by atoms with Crippen molar-refractivity contribution < 1.29 is 9.59 Å². The van der Waals surface area contributed by atoms with Gasteiger partial charge in [-0.15, -0.1) is 11.3 Å². The Balaban J connectivity index is 1.30. The summed E-state index contributed by atoms with van der Waals surface area (Å²) in [5, 5.41) is 9.58. The lowest BCUT2D eigenvalue weighted by Crippen LogP contribution is -2.36. The van der Waals surface area contributed by atoms with Gasteiger partial charge in [-0.1, -0.05) is 25.0 Å². The minimum Gasteiger partial charge on any atom is -0.335 e. The Hall–Kier alpha value is -2.45. The van der Waals surface area contributed by atoms with Gasteiger partial charge in [0.1, 0.15) is 0 Å². The molecule has 160 valence electrons. The van der Waals surface area contributed by atoms with Crippen LogP contribution in [0, 0.1) is 13.8 Å². The number of aromatic nitrogens is 1. The minimum atomic E-state index is -0.169. The number of rotatable bonds is 5. The Kier molecular flexibility index (Phi) is 6.34. The van der Waals surface area contributed by atoms with E-state index in [1.54, 1.807) is 0 Å². The number of carbonyl (C=O) groups excluding carboxylic acids is 2. The van der Waals surface area contributed by atoms with Gasteiger partial charge in [-0.05, 0) is 43.9 Å². The normalized spacial score (nSPS) is 16.9. The molecule has 1 saturated carbocycles. The average Bonchev–Trinajstić information content (AvgIpc) is 3.34. The van der Waals surface area contributed by atoms with Crippen LogP contribution >= 0.6 is 11.3 Å². The number of carbonyl (C=O) groups is 2. The molecule has 0 bridgehead atoms. The highest BCUT2D eigenvalue weighted by Gasteiger charge is 2.24. The molecule has 2 aromatic rings. The van der Waals surface area contributed by atoms with Crippen LogP contribution in [0.15, 0.2) is 18.2 Å². The molecule has 30 heavy (non-hydrogen) atoms. The minimum absolute atomic E-state index is 0.00837. The van der Waals surface area contributed by atoms with Gasteiger partial charge in [0, 0.05) is 36.1 Å². The summed E-state index contributed by atoms with van der Waals surface area (Å²) < 4.78 is 0. The van der Waals surface area contributed by atoms with Gasteiger partial charge in [0.2, 0.25) is 5.91 Å². The number of anilines is 2. The molecule has 3 N–H and O–H groups in total. The Morgan fingerprint density at radius 2 is 2.00 bits per heavy atom. The summed E-state index contributed by atoms with van der Waals surface area (Å²) in [6.45, 7) is 5.87. The smallest absolute Gasteiger partial charge is 0.321 e. The third-order valence-electron chi connectivity index (χ3n) is 5.97. The number of nitrogens with zero attached hydrogens (tertiary/aromatic N) is 2. The summed E-state index contributed by atoms with van der Waals surface area (Å²) in [5.41, 5.74) is 4.16. The van der Waals surface area contributed by atoms with Gasteiger partial charge in [0.25, 0.3) is 0 Å². The highest BCUT2D eigenvalue weighted by molar-refractivity contribution is 7.15. The van der Waals surface area contributed by atoms with Gasteiger partial charge < -0.3 is 10.6 Å². The fourth-order valence-electron chi connectivity index (χ4n) is 4.10. The van der Waals surface area contributed by atoms with Gasteiger partial charge in [0.15, 0.2) is 5.13 Å². The molecule has 1 aliphatic carbocycles. The van der Waals surface area contributed by atoms with Crippen LogP contribution in [0.4, 0.5) is 15.6 Å². The number of aryl methyl sites for hydroxylation is 1. The summed E-state index contributed by atoms with van der Waals surface area (Å²) >= 11 is 1.50. The molecule has 2 heterocycles. The molecule has 1 fully saturated rings. The van der Waals surface area contributed by atoms with Gasteiger partial charge in [-0.3, -0.25) is 15.0 Å². The second-order valence-electron chi connectivity index (χ2n) is 8.23. The van der Waals surface area contributed by atoms with E-state index in [1.807, 2.05) is 32.0 Å². The molecular weight excluding hydrogens is 398 g/mol. The van der Waals surface area contributed by atoms with Crippen LogP contribution in [-0.2, 0) is 17.8 Å². The molecule has 0 saturated heterocycles. The lowest BCUT2D eigenvalue weighted by Gasteiger charge is -2.25. The molecule has 4 rings (SSSR count). The predicted octanol–water partition coefficient (Wildman–Crippen LogP) is 3.82. The van der Waals surface area contributed by atoms with Crippen molar-refractivity contribution in [3.05, 3.63) is 39.9 Å². The first-order chi connectivity index (χ1) is 14.5. The lowest BCUT2D eigenvalue weighted by molar-refractivity contribution is -0.117. The third-order valence-corrected chi connectivity index (χ3v) is 6.96. The van der Waals surface area contributed by atoms with E-state index in [0.717, 1.165) is 53.2 Å². The molecule has 1 aromatic heterocycles. The molecule has 7 nitrogen and oxygen atoms in total. The van der Waals surface area contributed by atoms with E-state index in [2.05, 4.69) is 25.8 Å². The van der Waals surface area contributed by atoms with E-state index >= 15 is 0 Å². The topological polar surface area (TPSA) is 86.4 Å². The first-order valence-corrected chi connectivity index (χ1v) is 11.4. The van der Waals surface area contributed by atoms with Crippen LogP contribution in [0.3, 0.4) is 0 Å². The molecule has 3 amide bonds. The zero-order valence-corrected chi connectivity index (χ0v) is 18.4. The number of benzene rings is 1.